The summed E-state index contributed by atoms with van der Waals surface area (Å²) < 4.78 is 13.0. The highest BCUT2D eigenvalue weighted by atomic mass is 32.1. The SMILES string of the molecule is Cc1nc(-c2ccc(F)cc2)sc1C(C)NC(=O)CC(C)N. The molecule has 0 bridgehead atoms. The van der Waals surface area contributed by atoms with Crippen molar-refractivity contribution in [2.45, 2.75) is 39.3 Å². The zero-order chi connectivity index (χ0) is 16.3. The van der Waals surface area contributed by atoms with Crippen LogP contribution in [0.25, 0.3) is 10.6 Å². The van der Waals surface area contributed by atoms with Crippen molar-refractivity contribution in [3.05, 3.63) is 40.7 Å². The molecule has 118 valence electrons. The number of nitrogens with two attached hydrogens (primary N) is 1. The average Bonchev–Trinajstić information content (AvgIpc) is 2.80. The second-order valence-electron chi connectivity index (χ2n) is 5.45. The van der Waals surface area contributed by atoms with E-state index in [-0.39, 0.29) is 23.8 Å². The van der Waals surface area contributed by atoms with E-state index >= 15 is 0 Å². The number of nitrogens with zero attached hydrogens (tertiary/aromatic N) is 1. The van der Waals surface area contributed by atoms with E-state index in [1.165, 1.54) is 23.5 Å². The number of halogens is 1. The number of rotatable bonds is 5. The third kappa shape index (κ3) is 4.11. The van der Waals surface area contributed by atoms with Gasteiger partial charge in [-0.2, -0.15) is 0 Å². The van der Waals surface area contributed by atoms with E-state index in [2.05, 4.69) is 10.3 Å². The second-order valence-corrected chi connectivity index (χ2v) is 6.48. The summed E-state index contributed by atoms with van der Waals surface area (Å²) in [6.45, 7) is 5.63. The Hall–Kier alpha value is -1.79. The maximum Gasteiger partial charge on any atom is 0.222 e. The maximum atomic E-state index is 13.0. The van der Waals surface area contributed by atoms with Gasteiger partial charge in [-0.15, -0.1) is 11.3 Å². The third-order valence-corrected chi connectivity index (χ3v) is 4.59. The second kappa shape index (κ2) is 6.98. The molecule has 2 atom stereocenters. The number of nitrogens with one attached hydrogen (secondary N) is 1. The Kier molecular flexibility index (Phi) is 5.26. The average molecular weight is 321 g/mol. The highest BCUT2D eigenvalue weighted by Crippen LogP contribution is 2.31. The third-order valence-electron chi connectivity index (χ3n) is 3.20. The normalized spacial score (nSPS) is 13.7. The smallest absolute Gasteiger partial charge is 0.222 e. The molecule has 2 aromatic rings. The van der Waals surface area contributed by atoms with Gasteiger partial charge in [0.25, 0.3) is 0 Å². The largest absolute Gasteiger partial charge is 0.349 e. The van der Waals surface area contributed by atoms with Crippen LogP contribution in [0.15, 0.2) is 24.3 Å². The summed E-state index contributed by atoms with van der Waals surface area (Å²) in [5, 5.41) is 3.75. The molecule has 1 aromatic heterocycles. The first kappa shape index (κ1) is 16.6. The molecule has 0 aliphatic rings. The van der Waals surface area contributed by atoms with Crippen molar-refractivity contribution in [3.63, 3.8) is 0 Å². The molecule has 0 spiro atoms. The number of hydrogen-bond acceptors (Lipinski definition) is 4. The zero-order valence-corrected chi connectivity index (χ0v) is 13.7. The van der Waals surface area contributed by atoms with Crippen LogP contribution in [0.1, 0.15) is 36.9 Å². The van der Waals surface area contributed by atoms with Crippen molar-refractivity contribution in [3.8, 4) is 10.6 Å². The maximum absolute atomic E-state index is 13.0. The number of amides is 1. The summed E-state index contributed by atoms with van der Waals surface area (Å²) in [5.74, 6) is -0.340. The molecule has 1 heterocycles. The van der Waals surface area contributed by atoms with Crippen LogP contribution >= 0.6 is 11.3 Å². The first-order valence-corrected chi connectivity index (χ1v) is 7.96. The van der Waals surface area contributed by atoms with Crippen molar-refractivity contribution >= 4 is 17.2 Å². The highest BCUT2D eigenvalue weighted by Gasteiger charge is 2.17. The Morgan fingerprint density at radius 2 is 2.00 bits per heavy atom. The summed E-state index contributed by atoms with van der Waals surface area (Å²) in [6.07, 6.45) is 0.299. The van der Waals surface area contributed by atoms with E-state index in [0.29, 0.717) is 6.42 Å². The number of carbonyl (C=O) groups excluding carboxylic acids is 1. The molecular formula is C16H20FN3OS. The minimum absolute atomic E-state index is 0.0707. The molecular weight excluding hydrogens is 301 g/mol. The monoisotopic (exact) mass is 321 g/mol. The molecule has 22 heavy (non-hydrogen) atoms. The van der Waals surface area contributed by atoms with Crippen molar-refractivity contribution in [1.29, 1.82) is 0 Å². The standard InChI is InChI=1S/C16H20FN3OS/c1-9(18)8-14(21)19-10(2)15-11(3)20-16(22-15)12-4-6-13(17)7-5-12/h4-7,9-10H,8,18H2,1-3H3,(H,19,21). The summed E-state index contributed by atoms with van der Waals surface area (Å²) in [6, 6.07) is 5.95. The highest BCUT2D eigenvalue weighted by molar-refractivity contribution is 7.15. The predicted octanol–water partition coefficient (Wildman–Crippen LogP) is 3.17. The van der Waals surface area contributed by atoms with Gasteiger partial charge in [-0.25, -0.2) is 9.37 Å². The van der Waals surface area contributed by atoms with E-state index in [0.717, 1.165) is 21.1 Å². The van der Waals surface area contributed by atoms with E-state index in [1.807, 2.05) is 13.8 Å². The van der Waals surface area contributed by atoms with Crippen LogP contribution in [0.4, 0.5) is 4.39 Å². The van der Waals surface area contributed by atoms with Crippen molar-refractivity contribution in [1.82, 2.24) is 10.3 Å². The summed E-state index contributed by atoms with van der Waals surface area (Å²) in [7, 11) is 0. The van der Waals surface area contributed by atoms with E-state index in [1.54, 1.807) is 19.1 Å². The number of hydrogen-bond donors (Lipinski definition) is 2. The fourth-order valence-corrected chi connectivity index (χ4v) is 3.26. The van der Waals surface area contributed by atoms with Crippen molar-refractivity contribution in [2.24, 2.45) is 5.73 Å². The quantitative estimate of drug-likeness (QED) is 0.889. The van der Waals surface area contributed by atoms with Gasteiger partial charge in [0.1, 0.15) is 10.8 Å². The molecule has 1 aromatic carbocycles. The van der Waals surface area contributed by atoms with Crippen LogP contribution in [-0.4, -0.2) is 16.9 Å². The number of carbonyl (C=O) groups is 1. The number of aromatic nitrogens is 1. The van der Waals surface area contributed by atoms with Crippen LogP contribution in [0, 0.1) is 12.7 Å². The minimum atomic E-state index is -0.270. The Labute approximate surface area is 133 Å². The van der Waals surface area contributed by atoms with Crippen molar-refractivity contribution < 1.29 is 9.18 Å². The Bertz CT molecular complexity index is 652. The van der Waals surface area contributed by atoms with Crippen LogP contribution < -0.4 is 11.1 Å². The van der Waals surface area contributed by atoms with Gasteiger partial charge in [0.15, 0.2) is 0 Å². The Morgan fingerprint density at radius 1 is 1.36 bits per heavy atom. The molecule has 0 aliphatic carbocycles. The van der Waals surface area contributed by atoms with Crippen LogP contribution in [-0.2, 0) is 4.79 Å². The van der Waals surface area contributed by atoms with E-state index in [4.69, 9.17) is 5.73 Å². The van der Waals surface area contributed by atoms with Crippen LogP contribution in [0.5, 0.6) is 0 Å². The molecule has 4 nitrogen and oxygen atoms in total. The lowest BCUT2D eigenvalue weighted by Crippen LogP contribution is -2.31. The summed E-state index contributed by atoms with van der Waals surface area (Å²) >= 11 is 1.51. The first-order valence-electron chi connectivity index (χ1n) is 7.15. The molecule has 0 fully saturated rings. The lowest BCUT2D eigenvalue weighted by Gasteiger charge is -2.13. The van der Waals surface area contributed by atoms with Gasteiger partial charge in [0, 0.05) is 18.0 Å². The fourth-order valence-electron chi connectivity index (χ4n) is 2.18. The first-order chi connectivity index (χ1) is 10.4. The van der Waals surface area contributed by atoms with Crippen LogP contribution in [0.3, 0.4) is 0 Å². The number of aryl methyl sites for hydroxylation is 1. The lowest BCUT2D eigenvalue weighted by molar-refractivity contribution is -0.121. The number of thiazole rings is 1. The Morgan fingerprint density at radius 3 is 2.59 bits per heavy atom. The molecule has 0 saturated heterocycles. The predicted molar refractivity (Wildman–Crippen MR) is 87.1 cm³/mol. The molecule has 1 amide bonds. The molecule has 0 radical (unpaired) electrons. The van der Waals surface area contributed by atoms with E-state index in [9.17, 15) is 9.18 Å². The topological polar surface area (TPSA) is 68.0 Å². The minimum Gasteiger partial charge on any atom is -0.349 e. The van der Waals surface area contributed by atoms with Crippen molar-refractivity contribution in [2.75, 3.05) is 0 Å². The molecule has 2 rings (SSSR count). The fraction of sp³-hybridized carbons (Fsp3) is 0.375. The summed E-state index contributed by atoms with van der Waals surface area (Å²) in [4.78, 5) is 17.3. The van der Waals surface area contributed by atoms with E-state index < -0.39 is 0 Å². The van der Waals surface area contributed by atoms with Gasteiger partial charge in [0.05, 0.1) is 16.6 Å². The number of benzene rings is 1. The van der Waals surface area contributed by atoms with Gasteiger partial charge in [-0.05, 0) is 45.0 Å². The van der Waals surface area contributed by atoms with Gasteiger partial charge in [-0.1, -0.05) is 0 Å². The van der Waals surface area contributed by atoms with Gasteiger partial charge >= 0.3 is 0 Å². The molecule has 3 N–H and O–H groups in total. The van der Waals surface area contributed by atoms with Crippen LogP contribution in [0.2, 0.25) is 0 Å². The van der Waals surface area contributed by atoms with Gasteiger partial charge < -0.3 is 11.1 Å². The molecule has 0 saturated carbocycles. The lowest BCUT2D eigenvalue weighted by atomic mass is 10.2. The molecule has 6 heteroatoms. The van der Waals surface area contributed by atoms with Gasteiger partial charge in [-0.3, -0.25) is 4.79 Å². The summed E-state index contributed by atoms with van der Waals surface area (Å²) in [5.41, 5.74) is 7.37. The Balaban J connectivity index is 2.15. The molecule has 2 unspecified atom stereocenters. The molecule has 0 aliphatic heterocycles. The van der Waals surface area contributed by atoms with Gasteiger partial charge in [0.2, 0.25) is 5.91 Å². The zero-order valence-electron chi connectivity index (χ0n) is 12.9.